The van der Waals surface area contributed by atoms with Gasteiger partial charge in [-0.05, 0) is 43.4 Å². The van der Waals surface area contributed by atoms with Crippen molar-refractivity contribution in [3.63, 3.8) is 0 Å². The first kappa shape index (κ1) is 15.4. The first-order valence-corrected chi connectivity index (χ1v) is 8.39. The first-order valence-electron chi connectivity index (χ1n) is 6.95. The van der Waals surface area contributed by atoms with Crippen molar-refractivity contribution in [2.75, 3.05) is 6.54 Å². The molecule has 0 aromatic heterocycles. The molecule has 2 aliphatic rings. The summed E-state index contributed by atoms with van der Waals surface area (Å²) < 4.78 is 40.8. The molecule has 0 spiro atoms. The minimum absolute atomic E-state index is 0.0709. The van der Waals surface area contributed by atoms with Crippen molar-refractivity contribution >= 4 is 16.0 Å². The second-order valence-corrected chi connectivity index (χ2v) is 7.84. The molecule has 0 unspecified atom stereocenters. The van der Waals surface area contributed by atoms with Crippen molar-refractivity contribution < 1.29 is 27.8 Å². The van der Waals surface area contributed by atoms with Crippen LogP contribution in [0.25, 0.3) is 0 Å². The summed E-state index contributed by atoms with van der Waals surface area (Å²) in [7, 11) is -4.18. The Morgan fingerprint density at radius 2 is 2.05 bits per heavy atom. The van der Waals surface area contributed by atoms with Crippen molar-refractivity contribution in [2.45, 2.75) is 36.8 Å². The second kappa shape index (κ2) is 5.00. The Balaban J connectivity index is 2.09. The minimum atomic E-state index is -4.18. The Morgan fingerprint density at radius 1 is 1.36 bits per heavy atom. The van der Waals surface area contributed by atoms with E-state index in [4.69, 9.17) is 5.11 Å². The molecule has 8 heteroatoms. The van der Waals surface area contributed by atoms with Crippen LogP contribution < -0.4 is 0 Å². The first-order chi connectivity index (χ1) is 10.2. The molecule has 2 fully saturated rings. The van der Waals surface area contributed by atoms with Gasteiger partial charge in [0.15, 0.2) is 5.82 Å². The predicted octanol–water partition coefficient (Wildman–Crippen LogP) is 0.976. The van der Waals surface area contributed by atoms with Gasteiger partial charge in [-0.25, -0.2) is 17.6 Å². The zero-order chi connectivity index (χ0) is 16.2. The maximum Gasteiger partial charge on any atom is 0.338 e. The molecule has 1 aromatic rings. The maximum atomic E-state index is 14.3. The number of fused-ring (bicyclic) bond motifs is 2. The topological polar surface area (TPSA) is 94.9 Å². The molecule has 6 nitrogen and oxygen atoms in total. The van der Waals surface area contributed by atoms with E-state index in [1.54, 1.807) is 0 Å². The van der Waals surface area contributed by atoms with Crippen molar-refractivity contribution in [1.82, 2.24) is 4.31 Å². The lowest BCUT2D eigenvalue weighted by atomic mass is 10.1. The van der Waals surface area contributed by atoms with Gasteiger partial charge in [0.1, 0.15) is 4.90 Å². The summed E-state index contributed by atoms with van der Waals surface area (Å²) in [6.07, 6.45) is 0.354. The summed E-state index contributed by atoms with van der Waals surface area (Å²) in [6, 6.07) is 1.68. The summed E-state index contributed by atoms with van der Waals surface area (Å²) in [6.45, 7) is 1.75. The molecule has 1 saturated carbocycles. The van der Waals surface area contributed by atoms with Gasteiger partial charge in [0.05, 0.1) is 17.7 Å². The van der Waals surface area contributed by atoms with Crippen LogP contribution in [0.2, 0.25) is 0 Å². The van der Waals surface area contributed by atoms with Crippen LogP contribution in [-0.2, 0) is 10.0 Å². The van der Waals surface area contributed by atoms with E-state index in [0.717, 1.165) is 16.4 Å². The van der Waals surface area contributed by atoms with E-state index in [2.05, 4.69) is 0 Å². The monoisotopic (exact) mass is 329 g/mol. The number of carboxylic acid groups (broad SMARTS) is 1. The van der Waals surface area contributed by atoms with Crippen LogP contribution in [0.4, 0.5) is 4.39 Å². The number of aliphatic hydroxyl groups excluding tert-OH is 1. The van der Waals surface area contributed by atoms with E-state index in [0.29, 0.717) is 18.4 Å². The number of halogens is 1. The molecule has 3 rings (SSSR count). The second-order valence-electron chi connectivity index (χ2n) is 5.98. The van der Waals surface area contributed by atoms with E-state index >= 15 is 0 Å². The molecule has 2 bridgehead atoms. The SMILES string of the molecule is Cc1cc(C(=O)O)c(F)c(S(=O)(=O)N2C[C@@H]3C[C@@H](O)[C@H]2C3)c1. The fourth-order valence-corrected chi connectivity index (χ4v) is 5.34. The third-order valence-corrected chi connectivity index (χ3v) is 6.29. The number of hydrogen-bond donors (Lipinski definition) is 2. The molecule has 2 N–H and O–H groups in total. The highest BCUT2D eigenvalue weighted by Gasteiger charge is 2.50. The summed E-state index contributed by atoms with van der Waals surface area (Å²) in [4.78, 5) is 10.4. The number of aryl methyl sites for hydroxylation is 1. The molecule has 1 saturated heterocycles. The molecule has 1 aliphatic carbocycles. The van der Waals surface area contributed by atoms with Crippen LogP contribution in [0.15, 0.2) is 17.0 Å². The zero-order valence-electron chi connectivity index (χ0n) is 11.9. The molecule has 0 amide bonds. The van der Waals surface area contributed by atoms with Crippen molar-refractivity contribution in [3.05, 3.63) is 29.1 Å². The van der Waals surface area contributed by atoms with Crippen molar-refractivity contribution in [2.24, 2.45) is 5.92 Å². The summed E-state index contributed by atoms with van der Waals surface area (Å²) in [5.41, 5.74) is -0.314. The number of aliphatic hydroxyl groups is 1. The quantitative estimate of drug-likeness (QED) is 0.862. The number of sulfonamides is 1. The third kappa shape index (κ3) is 2.22. The number of rotatable bonds is 3. The number of aromatic carboxylic acids is 1. The lowest BCUT2D eigenvalue weighted by molar-refractivity contribution is 0.0690. The lowest BCUT2D eigenvalue weighted by Crippen LogP contribution is -2.44. The molecule has 1 aromatic carbocycles. The summed E-state index contributed by atoms with van der Waals surface area (Å²) in [5.74, 6) is -2.70. The average Bonchev–Trinajstić information content (AvgIpc) is 2.99. The van der Waals surface area contributed by atoms with Crippen LogP contribution in [0.5, 0.6) is 0 Å². The van der Waals surface area contributed by atoms with E-state index < -0.39 is 44.4 Å². The Kier molecular flexibility index (Phi) is 3.50. The van der Waals surface area contributed by atoms with E-state index in [1.807, 2.05) is 0 Å². The number of nitrogens with zero attached hydrogens (tertiary/aromatic N) is 1. The molecule has 22 heavy (non-hydrogen) atoms. The van der Waals surface area contributed by atoms with Crippen molar-refractivity contribution in [1.29, 1.82) is 0 Å². The van der Waals surface area contributed by atoms with Gasteiger partial charge in [-0.15, -0.1) is 0 Å². The predicted molar refractivity (Wildman–Crippen MR) is 74.5 cm³/mol. The Bertz CT molecular complexity index is 748. The van der Waals surface area contributed by atoms with Gasteiger partial charge in [0.25, 0.3) is 0 Å². The Morgan fingerprint density at radius 3 is 2.59 bits per heavy atom. The fourth-order valence-electron chi connectivity index (χ4n) is 3.42. The van der Waals surface area contributed by atoms with Gasteiger partial charge in [0, 0.05) is 6.54 Å². The molecular formula is C14H16FNO5S. The molecule has 1 aliphatic heterocycles. The normalized spacial score (nSPS) is 28.2. The standard InChI is InChI=1S/C14H16FNO5S/c1-7-2-9(14(18)19)13(15)12(3-7)22(20,21)16-6-8-4-10(16)11(17)5-8/h2-3,8,10-11,17H,4-6H2,1H3,(H,18,19)/t8-,10+,11+/m0/s1. The highest BCUT2D eigenvalue weighted by Crippen LogP contribution is 2.41. The number of carbonyl (C=O) groups is 1. The molecule has 1 heterocycles. The van der Waals surface area contributed by atoms with E-state index in [-0.39, 0.29) is 12.5 Å². The highest BCUT2D eigenvalue weighted by atomic mass is 32.2. The number of carboxylic acids is 1. The van der Waals surface area contributed by atoms with E-state index in [1.165, 1.54) is 6.92 Å². The van der Waals surface area contributed by atoms with Crippen LogP contribution >= 0.6 is 0 Å². The van der Waals surface area contributed by atoms with Crippen LogP contribution in [0, 0.1) is 18.7 Å². The Labute approximate surface area is 127 Å². The number of benzene rings is 1. The van der Waals surface area contributed by atoms with Crippen LogP contribution in [-0.4, -0.2) is 47.6 Å². The third-order valence-electron chi connectivity index (χ3n) is 4.40. The summed E-state index contributed by atoms with van der Waals surface area (Å²) >= 11 is 0. The lowest BCUT2D eigenvalue weighted by Gasteiger charge is -2.29. The van der Waals surface area contributed by atoms with Gasteiger partial charge in [0.2, 0.25) is 10.0 Å². The average molecular weight is 329 g/mol. The van der Waals surface area contributed by atoms with Gasteiger partial charge < -0.3 is 10.2 Å². The van der Waals surface area contributed by atoms with E-state index in [9.17, 15) is 22.7 Å². The van der Waals surface area contributed by atoms with Gasteiger partial charge in [-0.2, -0.15) is 4.31 Å². The van der Waals surface area contributed by atoms with Crippen LogP contribution in [0.1, 0.15) is 28.8 Å². The van der Waals surface area contributed by atoms with Gasteiger partial charge in [-0.3, -0.25) is 0 Å². The number of hydrogen-bond acceptors (Lipinski definition) is 4. The minimum Gasteiger partial charge on any atom is -0.478 e. The van der Waals surface area contributed by atoms with Crippen LogP contribution in [0.3, 0.4) is 0 Å². The highest BCUT2D eigenvalue weighted by molar-refractivity contribution is 7.89. The fraction of sp³-hybridized carbons (Fsp3) is 0.500. The largest absolute Gasteiger partial charge is 0.478 e. The van der Waals surface area contributed by atoms with Gasteiger partial charge in [-0.1, -0.05) is 0 Å². The number of piperidine rings is 1. The smallest absolute Gasteiger partial charge is 0.338 e. The van der Waals surface area contributed by atoms with Gasteiger partial charge >= 0.3 is 5.97 Å². The summed E-state index contributed by atoms with van der Waals surface area (Å²) in [5, 5.41) is 18.9. The molecule has 120 valence electrons. The molecular weight excluding hydrogens is 313 g/mol. The Hall–Kier alpha value is -1.51. The zero-order valence-corrected chi connectivity index (χ0v) is 12.7. The maximum absolute atomic E-state index is 14.3. The molecule has 3 atom stereocenters. The molecule has 0 radical (unpaired) electrons. The van der Waals surface area contributed by atoms with Crippen molar-refractivity contribution in [3.8, 4) is 0 Å².